The molecule has 2 spiro atoms. The fourth-order valence-corrected chi connectivity index (χ4v) is 17.6. The Labute approximate surface area is 613 Å². The van der Waals surface area contributed by atoms with E-state index in [0.717, 1.165) is 147 Å². The summed E-state index contributed by atoms with van der Waals surface area (Å²) in [7, 11) is 0. The number of rotatable bonds is 10. The quantitative estimate of drug-likeness (QED) is 0.134. The van der Waals surface area contributed by atoms with Crippen LogP contribution in [0, 0.1) is 0 Å². The van der Waals surface area contributed by atoms with Gasteiger partial charge < -0.3 is 9.47 Å². The minimum Gasteiger partial charge on any atom is -0.457 e. The fraction of sp³-hybridized carbons (Fsp3) is 0.0408. The molecule has 496 valence electrons. The number of ether oxygens (including phenoxy) is 2. The summed E-state index contributed by atoms with van der Waals surface area (Å²) >= 11 is 0. The molecule has 0 amide bonds. The smallest absolute Gasteiger partial charge is 0.164 e. The van der Waals surface area contributed by atoms with E-state index in [1.165, 1.54) is 33.4 Å². The highest BCUT2D eigenvalue weighted by atomic mass is 16.5. The van der Waals surface area contributed by atoms with Crippen molar-refractivity contribution >= 4 is 5.57 Å². The summed E-state index contributed by atoms with van der Waals surface area (Å²) in [5.41, 5.74) is 26.5. The molecule has 0 N–H and O–H groups in total. The van der Waals surface area contributed by atoms with Crippen molar-refractivity contribution in [2.45, 2.75) is 23.7 Å². The zero-order chi connectivity index (χ0) is 69.9. The van der Waals surface area contributed by atoms with Gasteiger partial charge in [0.1, 0.15) is 23.0 Å². The van der Waals surface area contributed by atoms with Gasteiger partial charge in [-0.05, 0) is 144 Å². The normalized spacial score (nSPS) is 15.8. The third kappa shape index (κ3) is 9.40. The van der Waals surface area contributed by atoms with Crippen LogP contribution in [0.5, 0.6) is 23.0 Å². The molecule has 21 rings (SSSR count). The van der Waals surface area contributed by atoms with Crippen molar-refractivity contribution in [3.63, 3.8) is 0 Å². The molecule has 14 aromatic carbocycles. The van der Waals surface area contributed by atoms with Crippen LogP contribution in [0.1, 0.15) is 57.3 Å². The number of fused-ring (bicyclic) bond motifs is 17. The van der Waals surface area contributed by atoms with E-state index in [1.54, 1.807) is 0 Å². The van der Waals surface area contributed by atoms with Gasteiger partial charge in [0.05, 0.1) is 10.8 Å². The Hall–Kier alpha value is -13.8. The summed E-state index contributed by atoms with van der Waals surface area (Å²) in [6.45, 7) is 0. The summed E-state index contributed by atoms with van der Waals surface area (Å²) in [6, 6.07) is 120. The molecular formula is C98H62N6O2. The second kappa shape index (κ2) is 24.4. The van der Waals surface area contributed by atoms with Crippen LogP contribution in [0.3, 0.4) is 0 Å². The molecule has 8 nitrogen and oxygen atoms in total. The number of aromatic nitrogens is 6. The number of hydrogen-bond donors (Lipinski definition) is 0. The molecule has 2 unspecified atom stereocenters. The summed E-state index contributed by atoms with van der Waals surface area (Å²) in [6.07, 6.45) is 6.58. The minimum absolute atomic E-state index is 0.550. The van der Waals surface area contributed by atoms with Gasteiger partial charge in [-0.2, -0.15) is 0 Å². The molecule has 0 saturated carbocycles. The van der Waals surface area contributed by atoms with Gasteiger partial charge in [0.15, 0.2) is 34.9 Å². The lowest BCUT2D eigenvalue weighted by Crippen LogP contribution is -2.33. The van der Waals surface area contributed by atoms with E-state index >= 15 is 0 Å². The lowest BCUT2D eigenvalue weighted by molar-refractivity contribution is 0.432. The SMILES string of the molecule is C1=CC2=C(CC1)C1(c3ccccc3Oc3ccc(-c4ccccc4-c4nc(-c5ccccc5)nc(-c5cccc(-c6cccc7c6-c6ccccc6C76c7ccccc7Oc7ccc(-c8ccccc8-c8nc(-c9ccccc9)nc(-c9ccccc9-c9ccccc9)n8)cc76)c5)n4)cc31)c1ccccc12. The average Bonchev–Trinajstić information content (AvgIpc) is 1.50. The van der Waals surface area contributed by atoms with Crippen molar-refractivity contribution in [3.05, 3.63) is 402 Å². The number of allylic oxidation sites excluding steroid dienone is 4. The van der Waals surface area contributed by atoms with Gasteiger partial charge in [0.25, 0.3) is 0 Å². The lowest BCUT2D eigenvalue weighted by Gasteiger charge is -2.41. The first-order valence-electron chi connectivity index (χ1n) is 36.2. The molecule has 106 heavy (non-hydrogen) atoms. The minimum atomic E-state index is -0.817. The molecule has 0 fully saturated rings. The molecule has 5 aliphatic rings. The molecule has 2 atom stereocenters. The van der Waals surface area contributed by atoms with Crippen LogP contribution in [0.25, 0.3) is 130 Å². The molecule has 4 heterocycles. The predicted octanol–water partition coefficient (Wildman–Crippen LogP) is 23.8. The molecular weight excluding hydrogens is 1290 g/mol. The monoisotopic (exact) mass is 1350 g/mol. The highest BCUT2D eigenvalue weighted by Gasteiger charge is 2.54. The van der Waals surface area contributed by atoms with Crippen LogP contribution < -0.4 is 9.47 Å². The van der Waals surface area contributed by atoms with Crippen molar-refractivity contribution in [1.29, 1.82) is 0 Å². The average molecular weight is 1360 g/mol. The highest BCUT2D eigenvalue weighted by Crippen LogP contribution is 2.66. The van der Waals surface area contributed by atoms with Crippen LogP contribution in [-0.2, 0) is 10.8 Å². The van der Waals surface area contributed by atoms with Crippen LogP contribution >= 0.6 is 0 Å². The van der Waals surface area contributed by atoms with E-state index in [-0.39, 0.29) is 0 Å². The molecule has 8 heteroatoms. The third-order valence-electron chi connectivity index (χ3n) is 22.1. The summed E-state index contributed by atoms with van der Waals surface area (Å²) in [4.78, 5) is 32.3. The summed E-state index contributed by atoms with van der Waals surface area (Å²) < 4.78 is 14.0. The first-order chi connectivity index (χ1) is 52.5. The van der Waals surface area contributed by atoms with Crippen molar-refractivity contribution in [3.8, 4) is 147 Å². The zero-order valence-corrected chi connectivity index (χ0v) is 57.4. The first-order valence-corrected chi connectivity index (χ1v) is 36.2. The van der Waals surface area contributed by atoms with Gasteiger partial charge in [-0.15, -0.1) is 0 Å². The summed E-state index contributed by atoms with van der Waals surface area (Å²) in [5.74, 6) is 6.80. The van der Waals surface area contributed by atoms with Gasteiger partial charge in [0.2, 0.25) is 0 Å². The Morgan fingerprint density at radius 1 is 0.226 bits per heavy atom. The number of nitrogens with zero attached hydrogens (tertiary/aromatic N) is 6. The molecule has 0 bridgehead atoms. The van der Waals surface area contributed by atoms with Gasteiger partial charge in [-0.3, -0.25) is 0 Å². The van der Waals surface area contributed by atoms with Crippen molar-refractivity contribution in [1.82, 2.24) is 29.9 Å². The second-order valence-corrected chi connectivity index (χ2v) is 27.7. The van der Waals surface area contributed by atoms with Crippen LogP contribution in [0.15, 0.2) is 357 Å². The largest absolute Gasteiger partial charge is 0.457 e. The van der Waals surface area contributed by atoms with Gasteiger partial charge in [-0.25, -0.2) is 29.9 Å². The number of benzene rings is 14. The third-order valence-corrected chi connectivity index (χ3v) is 22.1. The van der Waals surface area contributed by atoms with E-state index in [1.807, 2.05) is 42.5 Å². The predicted molar refractivity (Wildman–Crippen MR) is 423 cm³/mol. The van der Waals surface area contributed by atoms with Gasteiger partial charge in [-0.1, -0.05) is 309 Å². The maximum atomic E-state index is 7.09. The Morgan fingerprint density at radius 2 is 0.585 bits per heavy atom. The second-order valence-electron chi connectivity index (χ2n) is 27.7. The number of para-hydroxylation sites is 2. The van der Waals surface area contributed by atoms with E-state index in [2.05, 4.69) is 309 Å². The highest BCUT2D eigenvalue weighted by molar-refractivity contribution is 5.99. The molecule has 3 aliphatic carbocycles. The fourth-order valence-electron chi connectivity index (χ4n) is 17.6. The lowest BCUT2D eigenvalue weighted by atomic mass is 9.64. The van der Waals surface area contributed by atoms with E-state index in [0.29, 0.717) is 34.9 Å². The Balaban J connectivity index is 0.700. The molecule has 2 aromatic heterocycles. The Kier molecular flexibility index (Phi) is 14.0. The zero-order valence-electron chi connectivity index (χ0n) is 57.4. The maximum absolute atomic E-state index is 7.09. The van der Waals surface area contributed by atoms with Gasteiger partial charge >= 0.3 is 0 Å². The van der Waals surface area contributed by atoms with Crippen molar-refractivity contribution < 1.29 is 9.47 Å². The van der Waals surface area contributed by atoms with E-state index < -0.39 is 10.8 Å². The van der Waals surface area contributed by atoms with E-state index in [9.17, 15) is 0 Å². The standard InChI is InChI=1S/C98H62N6O2/c1-4-28-61(29-5-1)68-36-10-13-41-74(68)95-101-92(63-32-8-3-9-33-63)102-96(104-95)76-43-15-12-38-70(76)66-55-57-89-85(60-66)98(82-50-23-25-53-87(82)106-89)80-48-21-18-44-77(80)90-71(45-27-51-83(90)98)64-34-26-35-67(58-64)93-99-91(62-30-6-2-7-31-62)100-94(103-93)75-42-14-11-37-69(75)65-54-56-88-84(59-65)97(81-49-22-24-52-86(81)105-88)78-46-19-16-39-72(78)73-40-17-20-47-79(73)97/h1-19,21-46,48-60H,20,47H2. The van der Waals surface area contributed by atoms with Crippen LogP contribution in [0.4, 0.5) is 0 Å². The molecule has 0 saturated heterocycles. The molecule has 16 aromatic rings. The van der Waals surface area contributed by atoms with E-state index in [4.69, 9.17) is 39.4 Å². The first kappa shape index (κ1) is 60.9. The van der Waals surface area contributed by atoms with Crippen molar-refractivity contribution in [2.24, 2.45) is 0 Å². The Bertz CT molecular complexity index is 6360. The van der Waals surface area contributed by atoms with Crippen LogP contribution in [0.2, 0.25) is 0 Å². The molecule has 2 aliphatic heterocycles. The Morgan fingerprint density at radius 3 is 1.15 bits per heavy atom. The summed E-state index contributed by atoms with van der Waals surface area (Å²) in [5, 5.41) is 0. The molecule has 0 radical (unpaired) electrons. The number of hydrogen-bond acceptors (Lipinski definition) is 8. The topological polar surface area (TPSA) is 95.8 Å². The van der Waals surface area contributed by atoms with Crippen LogP contribution in [-0.4, -0.2) is 29.9 Å². The maximum Gasteiger partial charge on any atom is 0.164 e. The van der Waals surface area contributed by atoms with Gasteiger partial charge in [0, 0.05) is 55.6 Å². The van der Waals surface area contributed by atoms with Crippen molar-refractivity contribution in [2.75, 3.05) is 0 Å².